The number of amides is 1. The Kier molecular flexibility index (Phi) is 7.21. The molecule has 0 unspecified atom stereocenters. The smallest absolute Gasteiger partial charge is 0.337 e. The van der Waals surface area contributed by atoms with Crippen LogP contribution in [0.15, 0.2) is 23.1 Å². The number of sulfonamides is 1. The van der Waals surface area contributed by atoms with Gasteiger partial charge in [-0.15, -0.1) is 0 Å². The first-order valence-electron chi connectivity index (χ1n) is 8.47. The summed E-state index contributed by atoms with van der Waals surface area (Å²) in [6.07, 6.45) is 0.609. The van der Waals surface area contributed by atoms with E-state index in [9.17, 15) is 18.0 Å². The fourth-order valence-corrected chi connectivity index (χ4v) is 4.76. The van der Waals surface area contributed by atoms with Crippen LogP contribution in [0.2, 0.25) is 5.02 Å². The second-order valence-electron chi connectivity index (χ2n) is 6.46. The van der Waals surface area contributed by atoms with E-state index in [1.165, 1.54) is 34.5 Å². The van der Waals surface area contributed by atoms with E-state index in [2.05, 4.69) is 4.74 Å². The Balaban J connectivity index is 2.15. The zero-order valence-electron chi connectivity index (χ0n) is 15.6. The Morgan fingerprint density at radius 2 is 1.89 bits per heavy atom. The van der Waals surface area contributed by atoms with Crippen molar-refractivity contribution in [2.45, 2.75) is 11.3 Å². The van der Waals surface area contributed by atoms with Crippen LogP contribution in [0.1, 0.15) is 16.8 Å². The largest absolute Gasteiger partial charge is 0.465 e. The molecule has 10 heteroatoms. The van der Waals surface area contributed by atoms with E-state index in [4.69, 9.17) is 11.6 Å². The van der Waals surface area contributed by atoms with Crippen LogP contribution in [0.3, 0.4) is 0 Å². The molecular formula is C17H24ClN3O5S. The van der Waals surface area contributed by atoms with E-state index >= 15 is 0 Å². The van der Waals surface area contributed by atoms with Crippen molar-refractivity contribution >= 4 is 33.5 Å². The summed E-state index contributed by atoms with van der Waals surface area (Å²) in [4.78, 5) is 26.9. The molecule has 1 aromatic rings. The number of halogens is 1. The maximum Gasteiger partial charge on any atom is 0.337 e. The van der Waals surface area contributed by atoms with Crippen LogP contribution in [-0.2, 0) is 19.6 Å². The second kappa shape index (κ2) is 9.01. The fourth-order valence-electron chi connectivity index (χ4n) is 2.77. The first kappa shape index (κ1) is 21.6. The van der Waals surface area contributed by atoms with Gasteiger partial charge in [0, 0.05) is 33.7 Å². The Morgan fingerprint density at radius 3 is 2.48 bits per heavy atom. The number of hydrogen-bond acceptors (Lipinski definition) is 6. The third-order valence-electron chi connectivity index (χ3n) is 4.38. The fraction of sp³-hybridized carbons (Fsp3) is 0.529. The predicted octanol–water partition coefficient (Wildman–Crippen LogP) is 0.911. The summed E-state index contributed by atoms with van der Waals surface area (Å²) >= 11 is 6.13. The van der Waals surface area contributed by atoms with E-state index in [0.29, 0.717) is 26.1 Å². The van der Waals surface area contributed by atoms with Gasteiger partial charge in [-0.2, -0.15) is 4.31 Å². The number of carbonyl (C=O) groups excluding carboxylic acids is 2. The summed E-state index contributed by atoms with van der Waals surface area (Å²) in [6.45, 7) is 1.95. The quantitative estimate of drug-likeness (QED) is 0.662. The number of nitrogens with zero attached hydrogens (tertiary/aromatic N) is 3. The first-order chi connectivity index (χ1) is 12.7. The zero-order chi connectivity index (χ0) is 20.2. The third-order valence-corrected chi connectivity index (χ3v) is 6.76. The molecule has 0 spiro atoms. The summed E-state index contributed by atoms with van der Waals surface area (Å²) in [5.41, 5.74) is 0.186. The van der Waals surface area contributed by atoms with Crippen molar-refractivity contribution < 1.29 is 22.7 Å². The predicted molar refractivity (Wildman–Crippen MR) is 101 cm³/mol. The van der Waals surface area contributed by atoms with Crippen molar-refractivity contribution in [3.05, 3.63) is 28.8 Å². The molecule has 1 aliphatic rings. The van der Waals surface area contributed by atoms with E-state index in [1.807, 2.05) is 4.90 Å². The van der Waals surface area contributed by atoms with Gasteiger partial charge in [0.2, 0.25) is 15.9 Å². The molecule has 1 fully saturated rings. The number of methoxy groups -OCH3 is 1. The van der Waals surface area contributed by atoms with E-state index in [-0.39, 0.29) is 34.5 Å². The molecule has 2 rings (SSSR count). The average molecular weight is 418 g/mol. The van der Waals surface area contributed by atoms with Crippen LogP contribution in [0, 0.1) is 0 Å². The minimum atomic E-state index is -3.81. The summed E-state index contributed by atoms with van der Waals surface area (Å²) < 4.78 is 31.9. The second-order valence-corrected chi connectivity index (χ2v) is 8.77. The molecule has 0 atom stereocenters. The molecule has 1 amide bonds. The molecule has 150 valence electrons. The average Bonchev–Trinajstić information content (AvgIpc) is 2.86. The number of likely N-dealkylation sites (N-methyl/N-ethyl adjacent to an activating group) is 1. The van der Waals surface area contributed by atoms with Gasteiger partial charge in [0.1, 0.15) is 4.90 Å². The van der Waals surface area contributed by atoms with Gasteiger partial charge in [-0.25, -0.2) is 13.2 Å². The summed E-state index contributed by atoms with van der Waals surface area (Å²) in [5, 5.41) is -0.0261. The lowest BCUT2D eigenvalue weighted by atomic mass is 10.2. The molecule has 1 aromatic carbocycles. The van der Waals surface area contributed by atoms with Gasteiger partial charge in [0.15, 0.2) is 0 Å². The number of ether oxygens (including phenoxy) is 1. The highest BCUT2D eigenvalue weighted by atomic mass is 35.5. The topological polar surface area (TPSA) is 87.2 Å². The van der Waals surface area contributed by atoms with E-state index in [0.717, 1.165) is 0 Å². The van der Waals surface area contributed by atoms with Crippen molar-refractivity contribution in [3.8, 4) is 0 Å². The lowest BCUT2D eigenvalue weighted by Crippen LogP contribution is -2.39. The third kappa shape index (κ3) is 5.19. The number of hydrogen-bond donors (Lipinski definition) is 0. The molecule has 0 aliphatic carbocycles. The van der Waals surface area contributed by atoms with Gasteiger partial charge in [-0.05, 0) is 31.2 Å². The first-order valence-corrected chi connectivity index (χ1v) is 10.3. The van der Waals surface area contributed by atoms with Gasteiger partial charge in [0.25, 0.3) is 0 Å². The molecule has 8 nitrogen and oxygen atoms in total. The van der Waals surface area contributed by atoms with Crippen molar-refractivity contribution in [1.82, 2.24) is 14.1 Å². The van der Waals surface area contributed by atoms with Crippen LogP contribution < -0.4 is 0 Å². The molecule has 0 radical (unpaired) electrons. The highest BCUT2D eigenvalue weighted by Gasteiger charge is 2.29. The van der Waals surface area contributed by atoms with E-state index < -0.39 is 16.0 Å². The normalized spacial score (nSPS) is 16.6. The minimum Gasteiger partial charge on any atom is -0.465 e. The van der Waals surface area contributed by atoms with Crippen LogP contribution in [0.5, 0.6) is 0 Å². The van der Waals surface area contributed by atoms with Gasteiger partial charge in [-0.1, -0.05) is 11.6 Å². The molecule has 0 aromatic heterocycles. The number of benzene rings is 1. The highest BCUT2D eigenvalue weighted by Crippen LogP contribution is 2.27. The Hall–Kier alpha value is -1.68. The van der Waals surface area contributed by atoms with Crippen molar-refractivity contribution in [2.75, 3.05) is 53.9 Å². The van der Waals surface area contributed by atoms with Crippen LogP contribution in [0.25, 0.3) is 0 Å². The van der Waals surface area contributed by atoms with Crippen molar-refractivity contribution in [2.24, 2.45) is 0 Å². The monoisotopic (exact) mass is 417 g/mol. The number of carbonyl (C=O) groups is 2. The lowest BCUT2D eigenvalue weighted by molar-refractivity contribution is -0.129. The summed E-state index contributed by atoms with van der Waals surface area (Å²) in [7, 11) is 0.818. The Labute approximate surface area is 164 Å². The van der Waals surface area contributed by atoms with Crippen LogP contribution >= 0.6 is 11.6 Å². The number of esters is 1. The maximum atomic E-state index is 13.0. The van der Waals surface area contributed by atoms with E-state index in [1.54, 1.807) is 14.1 Å². The molecule has 0 N–H and O–H groups in total. The highest BCUT2D eigenvalue weighted by molar-refractivity contribution is 7.89. The zero-order valence-corrected chi connectivity index (χ0v) is 17.2. The minimum absolute atomic E-state index is 0.0206. The molecular weight excluding hydrogens is 394 g/mol. The van der Waals surface area contributed by atoms with Crippen LogP contribution in [0.4, 0.5) is 0 Å². The molecule has 27 heavy (non-hydrogen) atoms. The summed E-state index contributed by atoms with van der Waals surface area (Å²) in [6, 6.07) is 3.99. The van der Waals surface area contributed by atoms with Crippen molar-refractivity contribution in [3.63, 3.8) is 0 Å². The summed E-state index contributed by atoms with van der Waals surface area (Å²) in [5.74, 6) is -0.607. The molecule has 1 aliphatic heterocycles. The lowest BCUT2D eigenvalue weighted by Gasteiger charge is -2.23. The van der Waals surface area contributed by atoms with Gasteiger partial charge >= 0.3 is 5.97 Å². The Morgan fingerprint density at radius 1 is 1.19 bits per heavy atom. The Bertz CT molecular complexity index is 813. The molecule has 0 bridgehead atoms. The molecule has 1 saturated heterocycles. The molecule has 0 saturated carbocycles. The van der Waals surface area contributed by atoms with Gasteiger partial charge in [0.05, 0.1) is 24.2 Å². The van der Waals surface area contributed by atoms with Crippen LogP contribution in [-0.4, -0.2) is 88.3 Å². The standard InChI is InChI=1S/C17H24ClN3O5S/c1-19(2)16(22)12-20-7-4-8-21(10-9-20)27(24,25)15-6-5-13(11-14(15)18)17(23)26-3/h5-6,11H,4,7-10,12H2,1-3H3. The number of rotatable bonds is 5. The maximum absolute atomic E-state index is 13.0. The van der Waals surface area contributed by atoms with Gasteiger partial charge < -0.3 is 9.64 Å². The van der Waals surface area contributed by atoms with Gasteiger partial charge in [-0.3, -0.25) is 9.69 Å². The van der Waals surface area contributed by atoms with Crippen molar-refractivity contribution in [1.29, 1.82) is 0 Å². The SMILES string of the molecule is COC(=O)c1ccc(S(=O)(=O)N2CCCN(CC(=O)N(C)C)CC2)c(Cl)c1. The molecule has 1 heterocycles.